The standard InChI is InChI=1S/C29H29N5O4/c1-3-37-25-13-12-21(16-26(25)38-4-2)28(35)30-14-15-34-27-24(17-32-34)29(36)33(19-31-27)18-22-10-7-9-20-8-5-6-11-23(20)22/h5-13,16-17,19H,3-4,14-15,18H2,1-2H3,(H,30,35). The molecule has 0 bridgehead atoms. The van der Waals surface area contributed by atoms with Crippen molar-refractivity contribution in [1.82, 2.24) is 24.6 Å². The molecule has 3 aromatic carbocycles. The van der Waals surface area contributed by atoms with Crippen molar-refractivity contribution in [3.63, 3.8) is 0 Å². The SMILES string of the molecule is CCOc1ccc(C(=O)NCCn2ncc3c(=O)n(Cc4cccc5ccccc45)cnc32)cc1OCC. The van der Waals surface area contributed by atoms with Crippen LogP contribution in [0.25, 0.3) is 21.8 Å². The van der Waals surface area contributed by atoms with Crippen LogP contribution in [0.1, 0.15) is 29.8 Å². The topological polar surface area (TPSA) is 100 Å². The van der Waals surface area contributed by atoms with Crippen LogP contribution in [0, 0.1) is 0 Å². The molecule has 0 fully saturated rings. The summed E-state index contributed by atoms with van der Waals surface area (Å²) in [6.45, 7) is 5.84. The molecule has 0 saturated carbocycles. The molecule has 5 aromatic rings. The Morgan fingerprint density at radius 2 is 1.74 bits per heavy atom. The molecule has 0 aliphatic heterocycles. The number of carbonyl (C=O) groups is 1. The average molecular weight is 512 g/mol. The molecule has 2 heterocycles. The van der Waals surface area contributed by atoms with Crippen LogP contribution in [0.15, 0.2) is 78.0 Å². The van der Waals surface area contributed by atoms with E-state index in [1.807, 2.05) is 38.1 Å². The minimum absolute atomic E-state index is 0.156. The number of hydrogen-bond donors (Lipinski definition) is 1. The van der Waals surface area contributed by atoms with Crippen LogP contribution in [-0.4, -0.2) is 45.0 Å². The summed E-state index contributed by atoms with van der Waals surface area (Å²) in [6.07, 6.45) is 3.09. The van der Waals surface area contributed by atoms with Gasteiger partial charge in [0, 0.05) is 12.1 Å². The number of rotatable bonds is 10. The molecule has 0 saturated heterocycles. The van der Waals surface area contributed by atoms with E-state index in [1.165, 1.54) is 6.20 Å². The minimum atomic E-state index is -0.240. The molecule has 38 heavy (non-hydrogen) atoms. The summed E-state index contributed by atoms with van der Waals surface area (Å²) < 4.78 is 14.4. The lowest BCUT2D eigenvalue weighted by Crippen LogP contribution is -2.28. The lowest BCUT2D eigenvalue weighted by Gasteiger charge is -2.12. The van der Waals surface area contributed by atoms with Crippen molar-refractivity contribution in [1.29, 1.82) is 0 Å². The number of amides is 1. The summed E-state index contributed by atoms with van der Waals surface area (Å²) in [5.74, 6) is 0.894. The fraction of sp³-hybridized carbons (Fsp3) is 0.241. The quantitative estimate of drug-likeness (QED) is 0.304. The van der Waals surface area contributed by atoms with Crippen molar-refractivity contribution in [2.24, 2.45) is 0 Å². The summed E-state index contributed by atoms with van der Waals surface area (Å²) in [5.41, 5.74) is 1.84. The number of ether oxygens (including phenoxy) is 2. The Bertz CT molecular complexity index is 1650. The molecule has 2 aromatic heterocycles. The van der Waals surface area contributed by atoms with E-state index in [0.29, 0.717) is 60.9 Å². The van der Waals surface area contributed by atoms with E-state index in [2.05, 4.69) is 33.6 Å². The Kier molecular flexibility index (Phi) is 7.35. The number of nitrogens with one attached hydrogen (secondary N) is 1. The van der Waals surface area contributed by atoms with E-state index in [1.54, 1.807) is 33.8 Å². The van der Waals surface area contributed by atoms with E-state index in [-0.39, 0.29) is 11.5 Å². The summed E-state index contributed by atoms with van der Waals surface area (Å²) in [5, 5.41) is 9.91. The third-order valence-electron chi connectivity index (χ3n) is 6.26. The number of carbonyl (C=O) groups excluding carboxylic acids is 1. The number of fused-ring (bicyclic) bond motifs is 2. The monoisotopic (exact) mass is 511 g/mol. The van der Waals surface area contributed by atoms with Crippen molar-refractivity contribution in [2.75, 3.05) is 19.8 Å². The van der Waals surface area contributed by atoms with Crippen LogP contribution >= 0.6 is 0 Å². The summed E-state index contributed by atoms with van der Waals surface area (Å²) in [6, 6.07) is 19.3. The highest BCUT2D eigenvalue weighted by Gasteiger charge is 2.14. The van der Waals surface area contributed by atoms with Crippen LogP contribution in [-0.2, 0) is 13.1 Å². The Hall–Kier alpha value is -4.66. The molecular weight excluding hydrogens is 482 g/mol. The Morgan fingerprint density at radius 1 is 0.947 bits per heavy atom. The molecule has 5 rings (SSSR count). The molecule has 0 atom stereocenters. The maximum atomic E-state index is 13.2. The predicted molar refractivity (Wildman–Crippen MR) is 146 cm³/mol. The highest BCUT2D eigenvalue weighted by molar-refractivity contribution is 5.94. The second-order valence-corrected chi connectivity index (χ2v) is 8.70. The maximum absolute atomic E-state index is 13.2. The predicted octanol–water partition coefficient (Wildman–Crippen LogP) is 4.02. The van der Waals surface area contributed by atoms with Gasteiger partial charge in [-0.05, 0) is 48.4 Å². The zero-order valence-corrected chi connectivity index (χ0v) is 21.4. The first kappa shape index (κ1) is 25.0. The molecule has 9 heteroatoms. The zero-order chi connectivity index (χ0) is 26.5. The average Bonchev–Trinajstić information content (AvgIpc) is 3.35. The van der Waals surface area contributed by atoms with Gasteiger partial charge in [-0.2, -0.15) is 5.10 Å². The van der Waals surface area contributed by atoms with E-state index in [9.17, 15) is 9.59 Å². The van der Waals surface area contributed by atoms with E-state index in [4.69, 9.17) is 9.47 Å². The van der Waals surface area contributed by atoms with Gasteiger partial charge in [-0.3, -0.25) is 14.2 Å². The Labute approximate surface area is 219 Å². The molecule has 194 valence electrons. The summed E-state index contributed by atoms with van der Waals surface area (Å²) >= 11 is 0. The van der Waals surface area contributed by atoms with Gasteiger partial charge in [0.1, 0.15) is 11.7 Å². The lowest BCUT2D eigenvalue weighted by molar-refractivity contribution is 0.0951. The van der Waals surface area contributed by atoms with Crippen LogP contribution in [0.5, 0.6) is 11.5 Å². The van der Waals surface area contributed by atoms with Gasteiger partial charge >= 0.3 is 0 Å². The van der Waals surface area contributed by atoms with Gasteiger partial charge in [0.05, 0.1) is 32.5 Å². The third kappa shape index (κ3) is 5.08. The van der Waals surface area contributed by atoms with Crippen LogP contribution in [0.3, 0.4) is 0 Å². The second kappa shape index (κ2) is 11.2. The highest BCUT2D eigenvalue weighted by Crippen LogP contribution is 2.28. The van der Waals surface area contributed by atoms with Gasteiger partial charge in [-0.25, -0.2) is 9.67 Å². The third-order valence-corrected chi connectivity index (χ3v) is 6.26. The molecule has 0 aliphatic carbocycles. The lowest BCUT2D eigenvalue weighted by atomic mass is 10.0. The number of hydrogen-bond acceptors (Lipinski definition) is 6. The molecule has 9 nitrogen and oxygen atoms in total. The molecule has 0 spiro atoms. The fourth-order valence-electron chi connectivity index (χ4n) is 4.46. The first-order valence-corrected chi connectivity index (χ1v) is 12.6. The van der Waals surface area contributed by atoms with Gasteiger partial charge in [0.2, 0.25) is 0 Å². The van der Waals surface area contributed by atoms with E-state index >= 15 is 0 Å². The van der Waals surface area contributed by atoms with Gasteiger partial charge in [0.15, 0.2) is 17.1 Å². The number of aromatic nitrogens is 4. The van der Waals surface area contributed by atoms with Crippen molar-refractivity contribution in [3.8, 4) is 11.5 Å². The first-order valence-electron chi connectivity index (χ1n) is 12.6. The van der Waals surface area contributed by atoms with Gasteiger partial charge in [-0.15, -0.1) is 0 Å². The molecule has 1 amide bonds. The second-order valence-electron chi connectivity index (χ2n) is 8.70. The number of benzene rings is 3. The normalized spacial score (nSPS) is 11.1. The Morgan fingerprint density at radius 3 is 2.58 bits per heavy atom. The van der Waals surface area contributed by atoms with Crippen molar-refractivity contribution in [2.45, 2.75) is 26.9 Å². The van der Waals surface area contributed by atoms with Crippen molar-refractivity contribution >= 4 is 27.7 Å². The fourth-order valence-corrected chi connectivity index (χ4v) is 4.46. The van der Waals surface area contributed by atoms with Crippen molar-refractivity contribution in [3.05, 3.63) is 94.7 Å². The van der Waals surface area contributed by atoms with Gasteiger partial charge in [-0.1, -0.05) is 42.5 Å². The van der Waals surface area contributed by atoms with E-state index < -0.39 is 0 Å². The number of nitrogens with zero attached hydrogens (tertiary/aromatic N) is 4. The smallest absolute Gasteiger partial charge is 0.264 e. The molecule has 0 radical (unpaired) electrons. The minimum Gasteiger partial charge on any atom is -0.490 e. The summed E-state index contributed by atoms with van der Waals surface area (Å²) in [7, 11) is 0. The largest absolute Gasteiger partial charge is 0.490 e. The van der Waals surface area contributed by atoms with Crippen LogP contribution in [0.2, 0.25) is 0 Å². The molecule has 1 N–H and O–H groups in total. The van der Waals surface area contributed by atoms with E-state index in [0.717, 1.165) is 16.3 Å². The first-order chi connectivity index (χ1) is 18.6. The molecule has 0 unspecified atom stereocenters. The summed E-state index contributed by atoms with van der Waals surface area (Å²) in [4.78, 5) is 30.4. The van der Waals surface area contributed by atoms with Crippen molar-refractivity contribution < 1.29 is 14.3 Å². The molecular formula is C29H29N5O4. The maximum Gasteiger partial charge on any atom is 0.264 e. The zero-order valence-electron chi connectivity index (χ0n) is 21.4. The Balaban J connectivity index is 1.28. The highest BCUT2D eigenvalue weighted by atomic mass is 16.5. The van der Waals surface area contributed by atoms with Crippen LogP contribution in [0.4, 0.5) is 0 Å². The van der Waals surface area contributed by atoms with Gasteiger partial charge < -0.3 is 14.8 Å². The molecule has 0 aliphatic rings. The van der Waals surface area contributed by atoms with Crippen LogP contribution < -0.4 is 20.3 Å². The van der Waals surface area contributed by atoms with Gasteiger partial charge in [0.25, 0.3) is 11.5 Å².